The van der Waals surface area contributed by atoms with Gasteiger partial charge in [0.25, 0.3) is 0 Å². The van der Waals surface area contributed by atoms with Gasteiger partial charge in [0.2, 0.25) is 0 Å². The Hall–Kier alpha value is -0.800. The Balaban J connectivity index is 1.82. The summed E-state index contributed by atoms with van der Waals surface area (Å²) in [6, 6.07) is 5.37. The van der Waals surface area contributed by atoms with Crippen molar-refractivity contribution in [3.05, 3.63) is 28.8 Å². The molecule has 0 spiro atoms. The molecule has 0 amide bonds. The second kappa shape index (κ2) is 7.11. The number of nitrogens with one attached hydrogen (secondary N) is 2. The van der Waals surface area contributed by atoms with Crippen LogP contribution in [0.1, 0.15) is 37.9 Å². The Morgan fingerprint density at radius 1 is 1.42 bits per heavy atom. The van der Waals surface area contributed by atoms with Gasteiger partial charge in [-0.2, -0.15) is 0 Å². The van der Waals surface area contributed by atoms with Crippen LogP contribution in [0, 0.1) is 5.92 Å². The molecule has 0 aliphatic carbocycles. The third kappa shape index (κ3) is 4.36. The van der Waals surface area contributed by atoms with Crippen molar-refractivity contribution in [1.29, 1.82) is 0 Å². The number of hydrogen-bond acceptors (Lipinski definition) is 2. The van der Waals surface area contributed by atoms with E-state index in [4.69, 9.17) is 11.6 Å². The summed E-state index contributed by atoms with van der Waals surface area (Å²) in [6.07, 6.45) is 2.71. The van der Waals surface area contributed by atoms with Gasteiger partial charge in [-0.15, -0.1) is 0 Å². The van der Waals surface area contributed by atoms with E-state index < -0.39 is 6.17 Å². The molecule has 1 heterocycles. The Morgan fingerprint density at radius 3 is 2.79 bits per heavy atom. The summed E-state index contributed by atoms with van der Waals surface area (Å²) in [4.78, 5) is 0. The number of halogens is 2. The van der Waals surface area contributed by atoms with Crippen molar-refractivity contribution in [2.75, 3.05) is 25.0 Å². The van der Waals surface area contributed by atoms with Gasteiger partial charge in [0.1, 0.15) is 6.17 Å². The highest BCUT2D eigenvalue weighted by Gasteiger charge is 2.12. The second-order valence-electron chi connectivity index (χ2n) is 5.26. The van der Waals surface area contributed by atoms with Crippen LogP contribution in [0.4, 0.5) is 10.1 Å². The first-order chi connectivity index (χ1) is 9.16. The molecule has 1 aromatic carbocycles. The van der Waals surface area contributed by atoms with Gasteiger partial charge in [-0.25, -0.2) is 4.39 Å². The van der Waals surface area contributed by atoms with E-state index in [-0.39, 0.29) is 0 Å². The third-order valence-electron chi connectivity index (χ3n) is 3.78. The zero-order chi connectivity index (χ0) is 13.7. The van der Waals surface area contributed by atoms with Gasteiger partial charge < -0.3 is 10.6 Å². The quantitative estimate of drug-likeness (QED) is 0.848. The fourth-order valence-electron chi connectivity index (χ4n) is 2.50. The minimum Gasteiger partial charge on any atom is -0.384 e. The summed E-state index contributed by atoms with van der Waals surface area (Å²) in [5, 5.41) is 7.33. The molecule has 0 saturated carbocycles. The van der Waals surface area contributed by atoms with E-state index in [1.54, 1.807) is 12.1 Å². The Kier molecular flexibility index (Phi) is 5.46. The number of benzene rings is 1. The summed E-state index contributed by atoms with van der Waals surface area (Å²) < 4.78 is 13.2. The lowest BCUT2D eigenvalue weighted by molar-refractivity contribution is 0.361. The fraction of sp³-hybridized carbons (Fsp3) is 0.600. The fourth-order valence-corrected chi connectivity index (χ4v) is 2.76. The van der Waals surface area contributed by atoms with Crippen LogP contribution in [0.2, 0.25) is 5.02 Å². The average Bonchev–Trinajstić information content (AvgIpc) is 2.41. The molecule has 106 valence electrons. The SMILES string of the molecule is CC(F)c1ccc(NCCC2CCNCC2)c(Cl)c1. The molecule has 4 heteroatoms. The molecule has 19 heavy (non-hydrogen) atoms. The van der Waals surface area contributed by atoms with Gasteiger partial charge in [-0.3, -0.25) is 0 Å². The van der Waals surface area contributed by atoms with Crippen LogP contribution >= 0.6 is 11.6 Å². The zero-order valence-electron chi connectivity index (χ0n) is 11.4. The summed E-state index contributed by atoms with van der Waals surface area (Å²) in [5.41, 5.74) is 1.54. The van der Waals surface area contributed by atoms with E-state index in [0.29, 0.717) is 10.6 Å². The minimum absolute atomic E-state index is 0.604. The zero-order valence-corrected chi connectivity index (χ0v) is 12.1. The Bertz CT molecular complexity index is 403. The standard InChI is InChI=1S/C15H22ClFN2/c1-11(17)13-2-3-15(14(16)10-13)19-9-6-12-4-7-18-8-5-12/h2-3,10-12,18-19H,4-9H2,1H3. The van der Waals surface area contributed by atoms with Crippen molar-refractivity contribution >= 4 is 17.3 Å². The molecule has 2 nitrogen and oxygen atoms in total. The maximum atomic E-state index is 13.2. The maximum Gasteiger partial charge on any atom is 0.122 e. The molecule has 1 atom stereocenters. The first kappa shape index (κ1) is 14.6. The molecule has 1 unspecified atom stereocenters. The highest BCUT2D eigenvalue weighted by molar-refractivity contribution is 6.33. The van der Waals surface area contributed by atoms with E-state index in [2.05, 4.69) is 10.6 Å². The van der Waals surface area contributed by atoms with Crippen molar-refractivity contribution in [2.45, 2.75) is 32.4 Å². The van der Waals surface area contributed by atoms with Gasteiger partial charge in [-0.1, -0.05) is 17.7 Å². The smallest absolute Gasteiger partial charge is 0.122 e. The van der Waals surface area contributed by atoms with Gasteiger partial charge in [-0.05, 0) is 62.9 Å². The highest BCUT2D eigenvalue weighted by atomic mass is 35.5. The van der Waals surface area contributed by atoms with Crippen molar-refractivity contribution in [1.82, 2.24) is 5.32 Å². The van der Waals surface area contributed by atoms with Gasteiger partial charge in [0.05, 0.1) is 10.7 Å². The largest absolute Gasteiger partial charge is 0.384 e. The molecule has 1 aliphatic rings. The molecule has 1 aliphatic heterocycles. The number of piperidine rings is 1. The molecule has 2 rings (SSSR count). The first-order valence-electron chi connectivity index (χ1n) is 7.05. The predicted octanol–water partition coefficient (Wildman–Crippen LogP) is 4.17. The topological polar surface area (TPSA) is 24.1 Å². The van der Waals surface area contributed by atoms with Crippen LogP contribution in [0.15, 0.2) is 18.2 Å². The molecule has 0 aromatic heterocycles. The monoisotopic (exact) mass is 284 g/mol. The van der Waals surface area contributed by atoms with E-state index in [9.17, 15) is 4.39 Å². The molecule has 1 aromatic rings. The molecular weight excluding hydrogens is 263 g/mol. The van der Waals surface area contributed by atoms with Crippen molar-refractivity contribution in [3.63, 3.8) is 0 Å². The molecule has 1 saturated heterocycles. The van der Waals surface area contributed by atoms with Crippen LogP contribution in [0.3, 0.4) is 0 Å². The molecule has 0 bridgehead atoms. The average molecular weight is 285 g/mol. The van der Waals surface area contributed by atoms with E-state index >= 15 is 0 Å². The lowest BCUT2D eigenvalue weighted by Crippen LogP contribution is -2.28. The molecule has 1 fully saturated rings. The first-order valence-corrected chi connectivity index (χ1v) is 7.42. The van der Waals surface area contributed by atoms with Crippen LogP contribution in [-0.2, 0) is 0 Å². The molecule has 0 radical (unpaired) electrons. The van der Waals surface area contributed by atoms with E-state index in [0.717, 1.165) is 31.2 Å². The molecular formula is C15H22ClFN2. The van der Waals surface area contributed by atoms with Crippen LogP contribution in [-0.4, -0.2) is 19.6 Å². The molecule has 2 N–H and O–H groups in total. The maximum absolute atomic E-state index is 13.2. The van der Waals surface area contributed by atoms with E-state index in [1.165, 1.54) is 26.2 Å². The lowest BCUT2D eigenvalue weighted by atomic mass is 9.95. The lowest BCUT2D eigenvalue weighted by Gasteiger charge is -2.22. The van der Waals surface area contributed by atoms with Gasteiger partial charge >= 0.3 is 0 Å². The number of alkyl halides is 1. The third-order valence-corrected chi connectivity index (χ3v) is 4.09. The summed E-state index contributed by atoms with van der Waals surface area (Å²) in [7, 11) is 0. The summed E-state index contributed by atoms with van der Waals surface area (Å²) in [6.45, 7) is 4.72. The van der Waals surface area contributed by atoms with Crippen LogP contribution in [0.5, 0.6) is 0 Å². The predicted molar refractivity (Wildman–Crippen MR) is 79.7 cm³/mol. The Morgan fingerprint density at radius 2 is 2.16 bits per heavy atom. The van der Waals surface area contributed by atoms with Gasteiger partial charge in [0.15, 0.2) is 0 Å². The summed E-state index contributed by atoms with van der Waals surface area (Å²) >= 11 is 6.16. The van der Waals surface area contributed by atoms with Gasteiger partial charge in [0, 0.05) is 6.54 Å². The van der Waals surface area contributed by atoms with Crippen LogP contribution in [0.25, 0.3) is 0 Å². The van der Waals surface area contributed by atoms with Crippen molar-refractivity contribution in [3.8, 4) is 0 Å². The Labute approximate surface area is 119 Å². The van der Waals surface area contributed by atoms with Crippen molar-refractivity contribution < 1.29 is 4.39 Å². The second-order valence-corrected chi connectivity index (χ2v) is 5.67. The minimum atomic E-state index is -0.971. The number of rotatable bonds is 5. The van der Waals surface area contributed by atoms with E-state index in [1.807, 2.05) is 6.07 Å². The summed E-state index contributed by atoms with van der Waals surface area (Å²) in [5.74, 6) is 0.803. The highest BCUT2D eigenvalue weighted by Crippen LogP contribution is 2.27. The van der Waals surface area contributed by atoms with Crippen LogP contribution < -0.4 is 10.6 Å². The number of hydrogen-bond donors (Lipinski definition) is 2. The normalized spacial score (nSPS) is 18.3. The van der Waals surface area contributed by atoms with Crippen molar-refractivity contribution in [2.24, 2.45) is 5.92 Å². The number of anilines is 1.